The molecular formula is C13H27NOS. The van der Waals surface area contributed by atoms with E-state index in [0.29, 0.717) is 11.3 Å². The Balaban J connectivity index is 2.22. The van der Waals surface area contributed by atoms with Crippen LogP contribution >= 0.6 is 11.8 Å². The van der Waals surface area contributed by atoms with Gasteiger partial charge in [-0.2, -0.15) is 11.8 Å². The fraction of sp³-hybridized carbons (Fsp3) is 1.00. The monoisotopic (exact) mass is 245 g/mol. The van der Waals surface area contributed by atoms with Crippen molar-refractivity contribution in [1.29, 1.82) is 0 Å². The Kier molecular flexibility index (Phi) is 6.78. The first kappa shape index (κ1) is 14.3. The van der Waals surface area contributed by atoms with E-state index in [2.05, 4.69) is 25.4 Å². The van der Waals surface area contributed by atoms with Crippen molar-refractivity contribution in [3.05, 3.63) is 0 Å². The second-order valence-corrected chi connectivity index (χ2v) is 6.37. The molecule has 0 heterocycles. The van der Waals surface area contributed by atoms with Crippen LogP contribution in [0.4, 0.5) is 0 Å². The number of aliphatic hydroxyl groups excluding tert-OH is 1. The Morgan fingerprint density at radius 2 is 2.19 bits per heavy atom. The summed E-state index contributed by atoms with van der Waals surface area (Å²) < 4.78 is 0. The average Bonchev–Trinajstić information content (AvgIpc) is 2.28. The van der Waals surface area contributed by atoms with Gasteiger partial charge in [0.1, 0.15) is 0 Å². The molecule has 1 aliphatic rings. The Labute approximate surface area is 105 Å². The summed E-state index contributed by atoms with van der Waals surface area (Å²) >= 11 is 1.75. The van der Waals surface area contributed by atoms with Gasteiger partial charge in [-0.25, -0.2) is 0 Å². The van der Waals surface area contributed by atoms with E-state index in [1.807, 2.05) is 0 Å². The van der Waals surface area contributed by atoms with Gasteiger partial charge < -0.3 is 10.4 Å². The summed E-state index contributed by atoms with van der Waals surface area (Å²) in [7, 11) is 0. The van der Waals surface area contributed by atoms with Gasteiger partial charge in [-0.05, 0) is 44.4 Å². The zero-order valence-corrected chi connectivity index (χ0v) is 11.7. The van der Waals surface area contributed by atoms with Crippen LogP contribution in [0, 0.1) is 11.8 Å². The summed E-state index contributed by atoms with van der Waals surface area (Å²) in [5.41, 5.74) is 0. The van der Waals surface area contributed by atoms with Crippen LogP contribution in [0.1, 0.15) is 39.5 Å². The topological polar surface area (TPSA) is 32.3 Å². The largest absolute Gasteiger partial charge is 0.395 e. The molecule has 0 aliphatic heterocycles. The third-order valence-electron chi connectivity index (χ3n) is 3.81. The van der Waals surface area contributed by atoms with Gasteiger partial charge in [0.15, 0.2) is 0 Å². The molecule has 96 valence electrons. The van der Waals surface area contributed by atoms with Crippen molar-refractivity contribution in [2.24, 2.45) is 11.8 Å². The van der Waals surface area contributed by atoms with Crippen molar-refractivity contribution in [3.63, 3.8) is 0 Å². The Morgan fingerprint density at radius 3 is 2.75 bits per heavy atom. The number of hydrogen-bond donors (Lipinski definition) is 2. The first-order chi connectivity index (χ1) is 7.67. The van der Waals surface area contributed by atoms with E-state index in [0.717, 1.165) is 18.4 Å². The molecule has 0 saturated heterocycles. The van der Waals surface area contributed by atoms with Crippen LogP contribution in [-0.2, 0) is 0 Å². The molecule has 0 aromatic rings. The molecule has 1 aliphatic carbocycles. The van der Waals surface area contributed by atoms with Crippen molar-refractivity contribution in [1.82, 2.24) is 5.32 Å². The number of nitrogens with one attached hydrogen (secondary N) is 1. The Hall–Kier alpha value is 0.270. The highest BCUT2D eigenvalue weighted by Crippen LogP contribution is 2.28. The molecule has 0 aromatic carbocycles. The number of aliphatic hydroxyl groups is 1. The lowest BCUT2D eigenvalue weighted by molar-refractivity contribution is 0.249. The number of thioether (sulfide) groups is 1. The van der Waals surface area contributed by atoms with E-state index in [9.17, 15) is 5.11 Å². The summed E-state index contributed by atoms with van der Waals surface area (Å²) in [4.78, 5) is 0. The van der Waals surface area contributed by atoms with Gasteiger partial charge in [0.25, 0.3) is 0 Å². The highest BCUT2D eigenvalue weighted by Gasteiger charge is 2.21. The van der Waals surface area contributed by atoms with Gasteiger partial charge in [0.05, 0.1) is 6.61 Å². The normalized spacial score (nSPS) is 30.0. The molecule has 0 aromatic heterocycles. The highest BCUT2D eigenvalue weighted by atomic mass is 32.2. The van der Waals surface area contributed by atoms with Crippen LogP contribution in [0.15, 0.2) is 0 Å². The Morgan fingerprint density at radius 1 is 1.44 bits per heavy atom. The molecule has 4 unspecified atom stereocenters. The lowest BCUT2D eigenvalue weighted by Crippen LogP contribution is -2.40. The first-order valence-electron chi connectivity index (χ1n) is 6.54. The SMILES string of the molecule is CSC(CO)C(C)NCC1CCCC(C)C1. The molecule has 0 radical (unpaired) electrons. The zero-order valence-electron chi connectivity index (χ0n) is 10.9. The lowest BCUT2D eigenvalue weighted by atomic mass is 9.82. The smallest absolute Gasteiger partial charge is 0.0564 e. The van der Waals surface area contributed by atoms with Crippen molar-refractivity contribution in [3.8, 4) is 0 Å². The van der Waals surface area contributed by atoms with Crippen LogP contribution in [0.3, 0.4) is 0 Å². The molecule has 0 spiro atoms. The number of rotatable bonds is 6. The molecule has 2 N–H and O–H groups in total. The third-order valence-corrected chi connectivity index (χ3v) is 4.98. The van der Waals surface area contributed by atoms with E-state index < -0.39 is 0 Å². The summed E-state index contributed by atoms with van der Waals surface area (Å²) in [6.07, 6.45) is 7.64. The average molecular weight is 245 g/mol. The van der Waals surface area contributed by atoms with Gasteiger partial charge in [-0.1, -0.05) is 19.8 Å². The predicted molar refractivity (Wildman–Crippen MR) is 73.0 cm³/mol. The molecule has 1 rings (SSSR count). The molecule has 4 atom stereocenters. The molecule has 2 nitrogen and oxygen atoms in total. The standard InChI is InChI=1S/C13H27NOS/c1-10-5-4-6-12(7-10)8-14-11(2)13(9-15)16-3/h10-15H,4-9H2,1-3H3. The summed E-state index contributed by atoms with van der Waals surface area (Å²) in [6.45, 7) is 5.95. The van der Waals surface area contributed by atoms with E-state index >= 15 is 0 Å². The van der Waals surface area contributed by atoms with E-state index in [-0.39, 0.29) is 6.61 Å². The van der Waals surface area contributed by atoms with Crippen LogP contribution in [0.2, 0.25) is 0 Å². The molecule has 0 bridgehead atoms. The Bertz CT molecular complexity index is 183. The van der Waals surface area contributed by atoms with Crippen LogP contribution < -0.4 is 5.32 Å². The molecule has 0 amide bonds. The minimum atomic E-state index is 0.274. The second-order valence-electron chi connectivity index (χ2n) is 5.29. The summed E-state index contributed by atoms with van der Waals surface area (Å²) in [6, 6.07) is 0.414. The van der Waals surface area contributed by atoms with Gasteiger partial charge in [0, 0.05) is 11.3 Å². The van der Waals surface area contributed by atoms with Gasteiger partial charge in [-0.3, -0.25) is 0 Å². The van der Waals surface area contributed by atoms with Gasteiger partial charge in [0.2, 0.25) is 0 Å². The van der Waals surface area contributed by atoms with E-state index in [1.165, 1.54) is 25.7 Å². The quantitative estimate of drug-likeness (QED) is 0.754. The molecule has 1 saturated carbocycles. The van der Waals surface area contributed by atoms with Crippen molar-refractivity contribution in [2.75, 3.05) is 19.4 Å². The fourth-order valence-electron chi connectivity index (χ4n) is 2.67. The molecule has 3 heteroatoms. The second kappa shape index (κ2) is 7.57. The van der Waals surface area contributed by atoms with Crippen LogP contribution in [-0.4, -0.2) is 35.8 Å². The summed E-state index contributed by atoms with van der Waals surface area (Å²) in [5, 5.41) is 13.1. The van der Waals surface area contributed by atoms with Gasteiger partial charge >= 0.3 is 0 Å². The van der Waals surface area contributed by atoms with Crippen molar-refractivity contribution in [2.45, 2.75) is 50.8 Å². The van der Waals surface area contributed by atoms with Crippen molar-refractivity contribution >= 4 is 11.8 Å². The first-order valence-corrected chi connectivity index (χ1v) is 7.83. The van der Waals surface area contributed by atoms with E-state index in [4.69, 9.17) is 0 Å². The van der Waals surface area contributed by atoms with E-state index in [1.54, 1.807) is 11.8 Å². The number of hydrogen-bond acceptors (Lipinski definition) is 3. The maximum absolute atomic E-state index is 9.21. The van der Waals surface area contributed by atoms with Crippen LogP contribution in [0.25, 0.3) is 0 Å². The van der Waals surface area contributed by atoms with Crippen molar-refractivity contribution < 1.29 is 5.11 Å². The predicted octanol–water partition coefficient (Wildman–Crippen LogP) is 2.51. The highest BCUT2D eigenvalue weighted by molar-refractivity contribution is 7.99. The minimum absolute atomic E-state index is 0.274. The third kappa shape index (κ3) is 4.64. The maximum Gasteiger partial charge on any atom is 0.0564 e. The summed E-state index contributed by atoms with van der Waals surface area (Å²) in [5.74, 6) is 1.76. The molecule has 1 fully saturated rings. The lowest BCUT2D eigenvalue weighted by Gasteiger charge is -2.29. The molecule has 16 heavy (non-hydrogen) atoms. The van der Waals surface area contributed by atoms with Gasteiger partial charge in [-0.15, -0.1) is 0 Å². The minimum Gasteiger partial charge on any atom is -0.395 e. The van der Waals surface area contributed by atoms with Crippen LogP contribution in [0.5, 0.6) is 0 Å². The fourth-order valence-corrected chi connectivity index (χ4v) is 3.32. The zero-order chi connectivity index (χ0) is 12.0. The molecular weight excluding hydrogens is 218 g/mol. The maximum atomic E-state index is 9.21.